The highest BCUT2D eigenvalue weighted by molar-refractivity contribution is 7.46. The summed E-state index contributed by atoms with van der Waals surface area (Å²) >= 11 is 0. The molecule has 0 aromatic heterocycles. The molecule has 0 rings (SSSR count). The summed E-state index contributed by atoms with van der Waals surface area (Å²) < 4.78 is 26.4. The minimum absolute atomic E-state index is 0.198. The van der Waals surface area contributed by atoms with E-state index in [-0.39, 0.29) is 19.4 Å². The Labute approximate surface area is 313 Å². The lowest BCUT2D eigenvalue weighted by atomic mass is 10.0. The van der Waals surface area contributed by atoms with Gasteiger partial charge in [-0.25, -0.2) is 4.57 Å². The maximum Gasteiger partial charge on any atom is 0.469 e. The first-order valence-electron chi connectivity index (χ1n) is 21.1. The van der Waals surface area contributed by atoms with Crippen LogP contribution in [0.25, 0.3) is 0 Å². The quantitative estimate of drug-likeness (QED) is 0.0276. The Morgan fingerprint density at radius 3 is 1.35 bits per heavy atom. The molecular formula is C42H79O8P. The fourth-order valence-corrected chi connectivity index (χ4v) is 6.40. The van der Waals surface area contributed by atoms with Crippen LogP contribution < -0.4 is 0 Å². The maximum absolute atomic E-state index is 12.4. The van der Waals surface area contributed by atoms with Crippen LogP contribution in [-0.4, -0.2) is 41.0 Å². The maximum atomic E-state index is 12.4. The summed E-state index contributed by atoms with van der Waals surface area (Å²) in [5.41, 5.74) is 0. The van der Waals surface area contributed by atoms with Gasteiger partial charge in [0.05, 0.1) is 6.61 Å². The van der Waals surface area contributed by atoms with Crippen LogP contribution in [0, 0.1) is 0 Å². The van der Waals surface area contributed by atoms with Crippen LogP contribution in [0.5, 0.6) is 0 Å². The van der Waals surface area contributed by atoms with Gasteiger partial charge in [-0.3, -0.25) is 14.1 Å². The largest absolute Gasteiger partial charge is 0.469 e. The van der Waals surface area contributed by atoms with Crippen LogP contribution in [0.2, 0.25) is 0 Å². The van der Waals surface area contributed by atoms with Crippen molar-refractivity contribution in [2.45, 2.75) is 219 Å². The Bertz CT molecular complexity index is 884. The molecule has 0 aliphatic heterocycles. The van der Waals surface area contributed by atoms with Crippen molar-refractivity contribution in [3.8, 4) is 0 Å². The van der Waals surface area contributed by atoms with Gasteiger partial charge in [-0.05, 0) is 38.5 Å². The highest BCUT2D eigenvalue weighted by atomic mass is 31.2. The first kappa shape index (κ1) is 49.5. The van der Waals surface area contributed by atoms with Crippen LogP contribution >= 0.6 is 7.82 Å². The molecule has 0 aromatic rings. The Kier molecular flexibility index (Phi) is 37.2. The van der Waals surface area contributed by atoms with E-state index in [0.29, 0.717) is 6.42 Å². The molecule has 0 unspecified atom stereocenters. The summed E-state index contributed by atoms with van der Waals surface area (Å²) in [5.74, 6) is -0.892. The van der Waals surface area contributed by atoms with Crippen molar-refractivity contribution in [2.75, 3.05) is 13.2 Å². The smallest absolute Gasteiger partial charge is 0.462 e. The van der Waals surface area contributed by atoms with E-state index in [1.54, 1.807) is 0 Å². The molecule has 8 nitrogen and oxygen atoms in total. The van der Waals surface area contributed by atoms with E-state index in [2.05, 4.69) is 42.7 Å². The van der Waals surface area contributed by atoms with Crippen LogP contribution in [0.4, 0.5) is 0 Å². The lowest BCUT2D eigenvalue weighted by Gasteiger charge is -2.18. The van der Waals surface area contributed by atoms with Gasteiger partial charge in [0.1, 0.15) is 6.61 Å². The minimum Gasteiger partial charge on any atom is -0.462 e. The lowest BCUT2D eigenvalue weighted by Crippen LogP contribution is -2.29. The second kappa shape index (κ2) is 38.3. The minimum atomic E-state index is -4.75. The van der Waals surface area contributed by atoms with Gasteiger partial charge >= 0.3 is 19.8 Å². The fourth-order valence-electron chi connectivity index (χ4n) is 6.04. The number of hydrogen-bond acceptors (Lipinski definition) is 6. The van der Waals surface area contributed by atoms with Gasteiger partial charge in [0.25, 0.3) is 0 Å². The number of ether oxygens (including phenoxy) is 2. The van der Waals surface area contributed by atoms with Crippen LogP contribution in [0.3, 0.4) is 0 Å². The number of carbonyl (C=O) groups excluding carboxylic acids is 2. The third-order valence-electron chi connectivity index (χ3n) is 9.22. The zero-order valence-electron chi connectivity index (χ0n) is 33.0. The summed E-state index contributed by atoms with van der Waals surface area (Å²) in [6.45, 7) is 3.65. The van der Waals surface area contributed by atoms with E-state index in [1.165, 1.54) is 116 Å². The highest BCUT2D eigenvalue weighted by Gasteiger charge is 2.22. The molecule has 0 heterocycles. The molecule has 0 bridgehead atoms. The summed E-state index contributed by atoms with van der Waals surface area (Å²) in [5, 5.41) is 0. The second-order valence-corrected chi connectivity index (χ2v) is 15.6. The summed E-state index contributed by atoms with van der Waals surface area (Å²) in [7, 11) is -4.75. The zero-order valence-corrected chi connectivity index (χ0v) is 33.9. The molecular weight excluding hydrogens is 663 g/mol. The van der Waals surface area contributed by atoms with Crippen molar-refractivity contribution in [2.24, 2.45) is 0 Å². The van der Waals surface area contributed by atoms with E-state index in [1.807, 2.05) is 0 Å². The molecule has 0 saturated heterocycles. The normalized spacial score (nSPS) is 12.6. The lowest BCUT2D eigenvalue weighted by molar-refractivity contribution is -0.161. The van der Waals surface area contributed by atoms with Crippen LogP contribution in [-0.2, 0) is 28.2 Å². The first-order valence-corrected chi connectivity index (χ1v) is 22.7. The monoisotopic (exact) mass is 743 g/mol. The Balaban J connectivity index is 3.87. The van der Waals surface area contributed by atoms with E-state index in [9.17, 15) is 14.2 Å². The molecule has 2 N–H and O–H groups in total. The van der Waals surface area contributed by atoms with Gasteiger partial charge in [0, 0.05) is 12.8 Å². The molecule has 0 spiro atoms. The standard InChI is InChI=1S/C42H79O8P/c1-3-5-7-9-11-13-15-17-19-20-21-22-23-25-26-28-30-32-34-36-41(43)48-38-40(39-49-51(45,46)47)50-42(44)37-35-33-31-29-27-24-18-16-14-12-10-8-6-4-2/h10,12,16,18,40H,3-9,11,13-15,17,19-39H2,1-2H3,(H2,45,46,47)/b12-10+,18-16+/t40-/m1/s1. The van der Waals surface area contributed by atoms with Gasteiger partial charge in [0.2, 0.25) is 0 Å². The molecule has 0 aliphatic rings. The number of carbonyl (C=O) groups is 2. The van der Waals surface area contributed by atoms with Crippen LogP contribution in [0.15, 0.2) is 24.3 Å². The molecule has 0 amide bonds. The number of phosphoric acid groups is 1. The number of allylic oxidation sites excluding steroid dienone is 4. The molecule has 1 atom stereocenters. The van der Waals surface area contributed by atoms with Gasteiger partial charge in [-0.1, -0.05) is 186 Å². The molecule has 0 radical (unpaired) electrons. The first-order chi connectivity index (χ1) is 24.8. The number of unbranched alkanes of at least 4 members (excludes halogenated alkanes) is 25. The third kappa shape index (κ3) is 41.2. The molecule has 0 aromatic carbocycles. The Morgan fingerprint density at radius 2 is 0.902 bits per heavy atom. The average molecular weight is 743 g/mol. The van der Waals surface area contributed by atoms with Crippen molar-refractivity contribution in [1.82, 2.24) is 0 Å². The van der Waals surface area contributed by atoms with E-state index in [4.69, 9.17) is 19.3 Å². The fraction of sp³-hybridized carbons (Fsp3) is 0.857. The number of rotatable bonds is 39. The molecule has 0 aliphatic carbocycles. The summed E-state index contributed by atoms with van der Waals surface area (Å²) in [6, 6.07) is 0. The molecule has 0 saturated carbocycles. The number of phosphoric ester groups is 1. The molecule has 51 heavy (non-hydrogen) atoms. The SMILES string of the molecule is CCCC/C=C/C/C=C/CCCCCCCC(=O)O[C@H](COC(=O)CCCCCCCCCCCCCCCCCCCCC)COP(=O)(O)O. The van der Waals surface area contributed by atoms with Crippen molar-refractivity contribution in [3.63, 3.8) is 0 Å². The number of esters is 2. The van der Waals surface area contributed by atoms with E-state index < -0.39 is 32.5 Å². The van der Waals surface area contributed by atoms with Crippen LogP contribution in [0.1, 0.15) is 213 Å². The van der Waals surface area contributed by atoms with Crippen molar-refractivity contribution >= 4 is 19.8 Å². The second-order valence-electron chi connectivity index (χ2n) is 14.3. The highest BCUT2D eigenvalue weighted by Crippen LogP contribution is 2.36. The van der Waals surface area contributed by atoms with Crippen molar-refractivity contribution < 1.29 is 37.9 Å². The zero-order chi connectivity index (χ0) is 37.5. The third-order valence-corrected chi connectivity index (χ3v) is 9.71. The predicted molar refractivity (Wildman–Crippen MR) is 212 cm³/mol. The number of hydrogen-bond donors (Lipinski definition) is 2. The van der Waals surface area contributed by atoms with Gasteiger partial charge in [0.15, 0.2) is 6.10 Å². The summed E-state index contributed by atoms with van der Waals surface area (Å²) in [6.07, 6.45) is 43.3. The predicted octanol–water partition coefficient (Wildman–Crippen LogP) is 12.8. The van der Waals surface area contributed by atoms with E-state index >= 15 is 0 Å². The molecule has 0 fully saturated rings. The van der Waals surface area contributed by atoms with Crippen molar-refractivity contribution in [1.29, 1.82) is 0 Å². The Morgan fingerprint density at radius 1 is 0.510 bits per heavy atom. The van der Waals surface area contributed by atoms with Gasteiger partial charge < -0.3 is 19.3 Å². The van der Waals surface area contributed by atoms with Gasteiger partial charge in [-0.15, -0.1) is 0 Å². The molecule has 300 valence electrons. The van der Waals surface area contributed by atoms with Crippen molar-refractivity contribution in [3.05, 3.63) is 24.3 Å². The molecule has 9 heteroatoms. The van der Waals surface area contributed by atoms with E-state index in [0.717, 1.165) is 64.2 Å². The Hall–Kier alpha value is -1.47. The average Bonchev–Trinajstić information content (AvgIpc) is 3.10. The topological polar surface area (TPSA) is 119 Å². The summed E-state index contributed by atoms with van der Waals surface area (Å²) in [4.78, 5) is 42.8. The van der Waals surface area contributed by atoms with Gasteiger partial charge in [-0.2, -0.15) is 0 Å².